The van der Waals surface area contributed by atoms with Crippen molar-refractivity contribution >= 4 is 21.8 Å². The Morgan fingerprint density at radius 3 is 1.34 bits per heavy atom. The van der Waals surface area contributed by atoms with E-state index in [9.17, 15) is 0 Å². The summed E-state index contributed by atoms with van der Waals surface area (Å²) in [6.45, 7) is 0. The standard InChI is InChI=1S/C53H35N3/c1-5-15-38(16-6-1)48-47(49(39-17-7-2-8-18-39)51(41-21-11-4-12-22-41)56-50(48)40-19-9-3-10-20-40)45-24-13-23-44(35-45)36-26-28-37(29-27-36)46-33-32-43-31-30-42-25-14-34-54-52(42)53(43)55-46/h1-35H. The molecule has 0 atom stereocenters. The van der Waals surface area contributed by atoms with Gasteiger partial charge in [0.05, 0.1) is 28.1 Å². The van der Waals surface area contributed by atoms with E-state index in [1.807, 2.05) is 12.3 Å². The van der Waals surface area contributed by atoms with E-state index in [4.69, 9.17) is 9.97 Å². The summed E-state index contributed by atoms with van der Waals surface area (Å²) in [5, 5.41) is 2.17. The lowest BCUT2D eigenvalue weighted by molar-refractivity contribution is 1.32. The third-order valence-electron chi connectivity index (χ3n) is 10.5. The van der Waals surface area contributed by atoms with Crippen molar-refractivity contribution in [2.24, 2.45) is 0 Å². The third kappa shape index (κ3) is 6.12. The van der Waals surface area contributed by atoms with Gasteiger partial charge in [0.2, 0.25) is 0 Å². The lowest BCUT2D eigenvalue weighted by atomic mass is 9.82. The molecule has 0 saturated heterocycles. The summed E-state index contributed by atoms with van der Waals surface area (Å²) < 4.78 is 0. The maximum atomic E-state index is 5.60. The van der Waals surface area contributed by atoms with Crippen LogP contribution in [0.15, 0.2) is 212 Å². The number of aromatic nitrogens is 3. The predicted molar refractivity (Wildman–Crippen MR) is 233 cm³/mol. The molecule has 0 N–H and O–H groups in total. The van der Waals surface area contributed by atoms with Crippen molar-refractivity contribution in [1.82, 2.24) is 15.0 Å². The molecule has 0 amide bonds. The Hall–Kier alpha value is -7.49. The van der Waals surface area contributed by atoms with Gasteiger partial charge in [-0.05, 0) is 46.0 Å². The first-order valence-electron chi connectivity index (χ1n) is 18.9. The second kappa shape index (κ2) is 14.4. The molecule has 0 aliphatic heterocycles. The SMILES string of the molecule is c1ccc(-c2nc(-c3ccccc3)c(-c3ccccc3)c(-c3cccc(-c4ccc(-c5ccc6ccc7cccnc7c6n5)cc4)c3)c2-c2ccccc2)cc1. The summed E-state index contributed by atoms with van der Waals surface area (Å²) in [7, 11) is 0. The van der Waals surface area contributed by atoms with Crippen LogP contribution in [-0.2, 0) is 0 Å². The van der Waals surface area contributed by atoms with Gasteiger partial charge in [0, 0.05) is 50.4 Å². The zero-order chi connectivity index (χ0) is 37.3. The van der Waals surface area contributed by atoms with E-state index in [2.05, 4.69) is 205 Å². The number of benzene rings is 7. The summed E-state index contributed by atoms with van der Waals surface area (Å²) in [5.41, 5.74) is 16.8. The Kier molecular flexibility index (Phi) is 8.51. The molecule has 3 nitrogen and oxygen atoms in total. The molecule has 0 saturated carbocycles. The zero-order valence-electron chi connectivity index (χ0n) is 30.5. The number of hydrogen-bond donors (Lipinski definition) is 0. The molecule has 3 heterocycles. The van der Waals surface area contributed by atoms with Crippen molar-refractivity contribution < 1.29 is 0 Å². The van der Waals surface area contributed by atoms with Crippen LogP contribution in [0.1, 0.15) is 0 Å². The summed E-state index contributed by atoms with van der Waals surface area (Å²) in [6, 6.07) is 72.8. The highest BCUT2D eigenvalue weighted by atomic mass is 14.8. The van der Waals surface area contributed by atoms with Crippen LogP contribution in [0.25, 0.3) is 100 Å². The van der Waals surface area contributed by atoms with Crippen LogP contribution in [0.3, 0.4) is 0 Å². The summed E-state index contributed by atoms with van der Waals surface area (Å²) in [5.74, 6) is 0. The van der Waals surface area contributed by atoms with Crippen LogP contribution in [0.5, 0.6) is 0 Å². The monoisotopic (exact) mass is 713 g/mol. The molecule has 10 rings (SSSR count). The fourth-order valence-electron chi connectivity index (χ4n) is 7.83. The Morgan fingerprint density at radius 1 is 0.268 bits per heavy atom. The molecule has 10 aromatic rings. The summed E-state index contributed by atoms with van der Waals surface area (Å²) >= 11 is 0. The molecule has 0 aliphatic rings. The molecule has 56 heavy (non-hydrogen) atoms. The minimum absolute atomic E-state index is 0.919. The molecule has 3 heteroatoms. The van der Waals surface area contributed by atoms with Gasteiger partial charge in [-0.25, -0.2) is 9.97 Å². The van der Waals surface area contributed by atoms with Crippen molar-refractivity contribution in [1.29, 1.82) is 0 Å². The summed E-state index contributed by atoms with van der Waals surface area (Å²) in [4.78, 5) is 15.4. The van der Waals surface area contributed by atoms with E-state index in [1.54, 1.807) is 0 Å². The van der Waals surface area contributed by atoms with Crippen molar-refractivity contribution in [3.8, 4) is 78.3 Å². The summed E-state index contributed by atoms with van der Waals surface area (Å²) in [6.07, 6.45) is 1.83. The Balaban J connectivity index is 1.17. The minimum Gasteiger partial charge on any atom is -0.254 e. The van der Waals surface area contributed by atoms with E-state index in [1.165, 1.54) is 0 Å². The number of rotatable bonds is 7. The van der Waals surface area contributed by atoms with Gasteiger partial charge >= 0.3 is 0 Å². The molecule has 262 valence electrons. The van der Waals surface area contributed by atoms with Crippen molar-refractivity contribution in [3.05, 3.63) is 212 Å². The van der Waals surface area contributed by atoms with Crippen molar-refractivity contribution in [3.63, 3.8) is 0 Å². The highest BCUT2D eigenvalue weighted by Gasteiger charge is 2.25. The average Bonchev–Trinajstić information content (AvgIpc) is 3.29. The molecule has 7 aromatic carbocycles. The second-order valence-corrected chi connectivity index (χ2v) is 14.0. The van der Waals surface area contributed by atoms with E-state index in [0.29, 0.717) is 0 Å². The van der Waals surface area contributed by atoms with Gasteiger partial charge in [0.15, 0.2) is 0 Å². The minimum atomic E-state index is 0.919. The Bertz CT molecular complexity index is 2880. The van der Waals surface area contributed by atoms with Crippen LogP contribution in [0, 0.1) is 0 Å². The maximum Gasteiger partial charge on any atom is 0.0972 e. The molecule has 0 radical (unpaired) electrons. The largest absolute Gasteiger partial charge is 0.254 e. The van der Waals surface area contributed by atoms with Gasteiger partial charge in [0.1, 0.15) is 0 Å². The first-order valence-corrected chi connectivity index (χ1v) is 18.9. The molecule has 3 aromatic heterocycles. The predicted octanol–water partition coefficient (Wildman–Crippen LogP) is 13.8. The van der Waals surface area contributed by atoms with Gasteiger partial charge in [-0.15, -0.1) is 0 Å². The Morgan fingerprint density at radius 2 is 0.750 bits per heavy atom. The van der Waals surface area contributed by atoms with Gasteiger partial charge < -0.3 is 0 Å². The lowest BCUT2D eigenvalue weighted by Crippen LogP contribution is -2.01. The van der Waals surface area contributed by atoms with E-state index in [-0.39, 0.29) is 0 Å². The average molecular weight is 714 g/mol. The molecule has 0 bridgehead atoms. The quantitative estimate of drug-likeness (QED) is 0.154. The van der Waals surface area contributed by atoms with Crippen LogP contribution >= 0.6 is 0 Å². The zero-order valence-corrected chi connectivity index (χ0v) is 30.5. The fraction of sp³-hybridized carbons (Fsp3) is 0. The van der Waals surface area contributed by atoms with E-state index < -0.39 is 0 Å². The maximum absolute atomic E-state index is 5.60. The molecule has 0 spiro atoms. The smallest absolute Gasteiger partial charge is 0.0972 e. The van der Waals surface area contributed by atoms with Gasteiger partial charge in [-0.2, -0.15) is 0 Å². The van der Waals surface area contributed by atoms with Crippen LogP contribution in [0.4, 0.5) is 0 Å². The van der Waals surface area contributed by atoms with E-state index in [0.717, 1.165) is 100 Å². The first kappa shape index (κ1) is 33.1. The molecular formula is C53H35N3. The Labute approximate surface area is 326 Å². The van der Waals surface area contributed by atoms with Gasteiger partial charge in [-0.3, -0.25) is 4.98 Å². The first-order chi connectivity index (χ1) is 27.8. The van der Waals surface area contributed by atoms with Crippen LogP contribution in [-0.4, -0.2) is 15.0 Å². The fourth-order valence-corrected chi connectivity index (χ4v) is 7.83. The highest BCUT2D eigenvalue weighted by molar-refractivity contribution is 6.06. The highest BCUT2D eigenvalue weighted by Crippen LogP contribution is 2.49. The second-order valence-electron chi connectivity index (χ2n) is 14.0. The topological polar surface area (TPSA) is 38.7 Å². The molecule has 0 fully saturated rings. The molecular weight excluding hydrogens is 679 g/mol. The number of nitrogens with zero attached hydrogens (tertiary/aromatic N) is 3. The number of fused-ring (bicyclic) bond motifs is 3. The van der Waals surface area contributed by atoms with Crippen LogP contribution in [0.2, 0.25) is 0 Å². The van der Waals surface area contributed by atoms with E-state index >= 15 is 0 Å². The molecule has 0 aliphatic carbocycles. The van der Waals surface area contributed by atoms with Gasteiger partial charge in [-0.1, -0.05) is 188 Å². The lowest BCUT2D eigenvalue weighted by Gasteiger charge is -2.23. The van der Waals surface area contributed by atoms with Crippen molar-refractivity contribution in [2.75, 3.05) is 0 Å². The van der Waals surface area contributed by atoms with Crippen molar-refractivity contribution in [2.45, 2.75) is 0 Å². The van der Waals surface area contributed by atoms with Gasteiger partial charge in [0.25, 0.3) is 0 Å². The van der Waals surface area contributed by atoms with Crippen LogP contribution < -0.4 is 0 Å². The number of hydrogen-bond acceptors (Lipinski definition) is 3. The number of pyridine rings is 3. The normalized spacial score (nSPS) is 11.2. The third-order valence-corrected chi connectivity index (χ3v) is 10.5. The molecule has 0 unspecified atom stereocenters.